The van der Waals surface area contributed by atoms with Crippen LogP contribution >= 0.6 is 22.6 Å². The number of benzene rings is 1. The summed E-state index contributed by atoms with van der Waals surface area (Å²) in [6.07, 6.45) is 1.71. The molecule has 1 heterocycles. The lowest BCUT2D eigenvalue weighted by Crippen LogP contribution is -2.22. The molecule has 2 rings (SSSR count). The van der Waals surface area contributed by atoms with Crippen LogP contribution in [-0.2, 0) is 10.0 Å². The SMILES string of the molecule is CC(c1ccc(S(=O)(=O)N(C)C)cc1)n1ncc(I)c1N. The third-order valence-corrected chi connectivity index (χ3v) is 5.96. The topological polar surface area (TPSA) is 81.2 Å². The fourth-order valence-corrected chi connectivity index (χ4v) is 3.20. The second-order valence-electron chi connectivity index (χ2n) is 4.85. The molecule has 0 radical (unpaired) electrons. The number of sulfonamides is 1. The number of halogens is 1. The highest BCUT2D eigenvalue weighted by Gasteiger charge is 2.18. The van der Waals surface area contributed by atoms with Gasteiger partial charge in [0.1, 0.15) is 5.82 Å². The Morgan fingerprint density at radius 2 is 1.86 bits per heavy atom. The number of hydrogen-bond donors (Lipinski definition) is 1. The van der Waals surface area contributed by atoms with Gasteiger partial charge in [0.2, 0.25) is 10.0 Å². The Balaban J connectivity index is 2.34. The van der Waals surface area contributed by atoms with Gasteiger partial charge in [-0.05, 0) is 47.2 Å². The second kappa shape index (κ2) is 5.93. The van der Waals surface area contributed by atoms with E-state index < -0.39 is 10.0 Å². The Hall–Kier alpha value is -1.13. The minimum absolute atomic E-state index is 0.0652. The lowest BCUT2D eigenvalue weighted by molar-refractivity contribution is 0.520. The van der Waals surface area contributed by atoms with Crippen molar-refractivity contribution in [1.29, 1.82) is 0 Å². The van der Waals surface area contributed by atoms with Crippen LogP contribution in [-0.4, -0.2) is 36.6 Å². The van der Waals surface area contributed by atoms with E-state index >= 15 is 0 Å². The van der Waals surface area contributed by atoms with E-state index in [0.717, 1.165) is 9.13 Å². The van der Waals surface area contributed by atoms with Crippen LogP contribution in [0.4, 0.5) is 5.82 Å². The molecule has 0 amide bonds. The average Bonchev–Trinajstić information content (AvgIpc) is 2.78. The van der Waals surface area contributed by atoms with Crippen molar-refractivity contribution in [1.82, 2.24) is 14.1 Å². The van der Waals surface area contributed by atoms with Gasteiger partial charge in [-0.25, -0.2) is 17.4 Å². The van der Waals surface area contributed by atoms with Crippen molar-refractivity contribution in [2.24, 2.45) is 0 Å². The fraction of sp³-hybridized carbons (Fsp3) is 0.308. The molecule has 0 saturated carbocycles. The summed E-state index contributed by atoms with van der Waals surface area (Å²) in [6, 6.07) is 6.71. The van der Waals surface area contributed by atoms with Crippen molar-refractivity contribution >= 4 is 38.4 Å². The first-order chi connectivity index (χ1) is 9.75. The summed E-state index contributed by atoms with van der Waals surface area (Å²) in [5.74, 6) is 0.605. The molecule has 114 valence electrons. The van der Waals surface area contributed by atoms with Gasteiger partial charge in [0.15, 0.2) is 0 Å². The Morgan fingerprint density at radius 1 is 1.29 bits per heavy atom. The van der Waals surface area contributed by atoms with Crippen molar-refractivity contribution in [3.05, 3.63) is 39.6 Å². The molecule has 0 bridgehead atoms. The number of nitrogens with zero attached hydrogens (tertiary/aromatic N) is 3. The zero-order valence-electron chi connectivity index (χ0n) is 12.0. The summed E-state index contributed by atoms with van der Waals surface area (Å²) in [7, 11) is -0.379. The van der Waals surface area contributed by atoms with Crippen LogP contribution in [0.3, 0.4) is 0 Å². The van der Waals surface area contributed by atoms with Crippen LogP contribution in [0.15, 0.2) is 35.4 Å². The molecule has 6 nitrogen and oxygen atoms in total. The van der Waals surface area contributed by atoms with Crippen molar-refractivity contribution in [2.75, 3.05) is 19.8 Å². The van der Waals surface area contributed by atoms with Crippen LogP contribution in [0.25, 0.3) is 0 Å². The number of hydrogen-bond acceptors (Lipinski definition) is 4. The van der Waals surface area contributed by atoms with Gasteiger partial charge in [-0.2, -0.15) is 5.10 Å². The lowest BCUT2D eigenvalue weighted by atomic mass is 10.1. The van der Waals surface area contributed by atoms with Crippen LogP contribution < -0.4 is 5.73 Å². The van der Waals surface area contributed by atoms with Gasteiger partial charge in [0, 0.05) is 14.1 Å². The molecular weight excluding hydrogens is 403 g/mol. The monoisotopic (exact) mass is 420 g/mol. The minimum Gasteiger partial charge on any atom is -0.383 e. The lowest BCUT2D eigenvalue weighted by Gasteiger charge is -2.16. The Labute approximate surface area is 138 Å². The van der Waals surface area contributed by atoms with Crippen molar-refractivity contribution in [2.45, 2.75) is 17.9 Å². The highest BCUT2D eigenvalue weighted by atomic mass is 127. The Bertz CT molecular complexity index is 738. The number of aromatic nitrogens is 2. The molecule has 0 saturated heterocycles. The largest absolute Gasteiger partial charge is 0.383 e. The molecule has 1 unspecified atom stereocenters. The van der Waals surface area contributed by atoms with Crippen LogP contribution in [0.1, 0.15) is 18.5 Å². The molecule has 0 aliphatic rings. The van der Waals surface area contributed by atoms with E-state index in [1.54, 1.807) is 35.1 Å². The molecule has 2 aromatic rings. The van der Waals surface area contributed by atoms with E-state index in [4.69, 9.17) is 5.73 Å². The predicted octanol–water partition coefficient (Wildman–Crippen LogP) is 1.93. The van der Waals surface area contributed by atoms with Gasteiger partial charge in [-0.1, -0.05) is 12.1 Å². The standard InChI is InChI=1S/C13H17IN4O2S/c1-9(18-13(15)12(14)8-16-18)10-4-6-11(7-5-10)21(19,20)17(2)3/h4-9H,15H2,1-3H3. The summed E-state index contributed by atoms with van der Waals surface area (Å²) in [5, 5.41) is 4.25. The third kappa shape index (κ3) is 3.06. The molecule has 0 fully saturated rings. The number of rotatable bonds is 4. The molecule has 1 atom stereocenters. The quantitative estimate of drug-likeness (QED) is 0.767. The van der Waals surface area contributed by atoms with Gasteiger partial charge in [-0.3, -0.25) is 0 Å². The maximum Gasteiger partial charge on any atom is 0.242 e. The highest BCUT2D eigenvalue weighted by molar-refractivity contribution is 14.1. The first kappa shape index (κ1) is 16.2. The van der Waals surface area contributed by atoms with E-state index in [-0.39, 0.29) is 10.9 Å². The minimum atomic E-state index is -3.40. The second-order valence-corrected chi connectivity index (χ2v) is 8.17. The van der Waals surface area contributed by atoms with Gasteiger partial charge in [0.25, 0.3) is 0 Å². The Kier molecular flexibility index (Phi) is 4.59. The van der Waals surface area contributed by atoms with E-state index in [9.17, 15) is 8.42 Å². The normalized spacial score (nSPS) is 13.6. The zero-order chi connectivity index (χ0) is 15.8. The number of anilines is 1. The molecule has 8 heteroatoms. The van der Waals surface area contributed by atoms with Gasteiger partial charge in [-0.15, -0.1) is 0 Å². The van der Waals surface area contributed by atoms with Crippen LogP contribution in [0.2, 0.25) is 0 Å². The number of nitrogens with two attached hydrogens (primary N) is 1. The predicted molar refractivity (Wildman–Crippen MR) is 90.5 cm³/mol. The van der Waals surface area contributed by atoms with Crippen molar-refractivity contribution in [3.8, 4) is 0 Å². The molecule has 1 aromatic carbocycles. The third-order valence-electron chi connectivity index (χ3n) is 3.29. The van der Waals surface area contributed by atoms with Crippen molar-refractivity contribution < 1.29 is 8.42 Å². The first-order valence-electron chi connectivity index (χ1n) is 6.26. The van der Waals surface area contributed by atoms with E-state index in [1.165, 1.54) is 18.4 Å². The van der Waals surface area contributed by atoms with E-state index in [2.05, 4.69) is 27.7 Å². The molecule has 1 aromatic heterocycles. The summed E-state index contributed by atoms with van der Waals surface area (Å²) >= 11 is 2.13. The molecule has 0 aliphatic heterocycles. The summed E-state index contributed by atoms with van der Waals surface area (Å²) in [6.45, 7) is 1.97. The van der Waals surface area contributed by atoms with Gasteiger partial charge < -0.3 is 5.73 Å². The van der Waals surface area contributed by atoms with Crippen LogP contribution in [0, 0.1) is 3.57 Å². The Morgan fingerprint density at radius 3 is 2.29 bits per heavy atom. The average molecular weight is 420 g/mol. The first-order valence-corrected chi connectivity index (χ1v) is 8.78. The van der Waals surface area contributed by atoms with Crippen LogP contribution in [0.5, 0.6) is 0 Å². The van der Waals surface area contributed by atoms with E-state index in [1.807, 2.05) is 6.92 Å². The number of nitrogen functional groups attached to an aromatic ring is 1. The maximum absolute atomic E-state index is 12.0. The molecule has 2 N–H and O–H groups in total. The summed E-state index contributed by atoms with van der Waals surface area (Å²) in [4.78, 5) is 0.270. The fourth-order valence-electron chi connectivity index (χ4n) is 1.93. The smallest absolute Gasteiger partial charge is 0.242 e. The molecular formula is C13H17IN4O2S. The van der Waals surface area contributed by atoms with Gasteiger partial charge >= 0.3 is 0 Å². The molecule has 0 spiro atoms. The molecule has 0 aliphatic carbocycles. The maximum atomic E-state index is 12.0. The summed E-state index contributed by atoms with van der Waals surface area (Å²) in [5.41, 5.74) is 6.91. The van der Waals surface area contributed by atoms with Gasteiger partial charge in [0.05, 0.1) is 20.7 Å². The summed E-state index contributed by atoms with van der Waals surface area (Å²) < 4.78 is 27.9. The zero-order valence-corrected chi connectivity index (χ0v) is 15.0. The van der Waals surface area contributed by atoms with E-state index in [0.29, 0.717) is 5.82 Å². The highest BCUT2D eigenvalue weighted by Crippen LogP contribution is 2.24. The molecule has 21 heavy (non-hydrogen) atoms. The van der Waals surface area contributed by atoms with Crippen molar-refractivity contribution in [3.63, 3.8) is 0 Å².